The summed E-state index contributed by atoms with van der Waals surface area (Å²) in [6, 6.07) is 13.2. The van der Waals surface area contributed by atoms with Crippen LogP contribution < -0.4 is 5.32 Å². The normalized spacial score (nSPS) is 10.6. The Kier molecular flexibility index (Phi) is 5.32. The van der Waals surface area contributed by atoms with E-state index < -0.39 is 0 Å². The summed E-state index contributed by atoms with van der Waals surface area (Å²) >= 11 is 4.86. The van der Waals surface area contributed by atoms with Gasteiger partial charge in [-0.1, -0.05) is 32.8 Å². The minimum Gasteiger partial charge on any atom is -0.359 e. The lowest BCUT2D eigenvalue weighted by molar-refractivity contribution is 0.0943. The lowest BCUT2D eigenvalue weighted by Crippen LogP contribution is -2.23. The van der Waals surface area contributed by atoms with E-state index in [0.717, 1.165) is 15.1 Å². The molecule has 0 unspecified atom stereocenters. The highest BCUT2D eigenvalue weighted by Crippen LogP contribution is 2.29. The van der Waals surface area contributed by atoms with Gasteiger partial charge in [0, 0.05) is 21.6 Å². The monoisotopic (exact) mass is 403 g/mol. The van der Waals surface area contributed by atoms with E-state index in [2.05, 4.69) is 31.4 Å². The zero-order valence-electron chi connectivity index (χ0n) is 12.8. The number of rotatable bonds is 5. The number of hydrogen-bond acceptors (Lipinski definition) is 5. The topological polar surface area (TPSA) is 68.0 Å². The van der Waals surface area contributed by atoms with Crippen LogP contribution in [0, 0.1) is 6.92 Å². The number of aryl methyl sites for hydroxylation is 1. The van der Waals surface area contributed by atoms with Crippen LogP contribution in [0.5, 0.6) is 0 Å². The third-order valence-corrected chi connectivity index (χ3v) is 4.70. The fourth-order valence-corrected chi connectivity index (χ4v) is 3.17. The SMILES string of the molecule is Cc1cc(CNC(=O)c2cccnc2Sc2ccc(Br)cc2)on1. The molecule has 5 nitrogen and oxygen atoms in total. The molecule has 0 aliphatic heterocycles. The Morgan fingerprint density at radius 2 is 2.08 bits per heavy atom. The summed E-state index contributed by atoms with van der Waals surface area (Å²) < 4.78 is 6.11. The molecule has 0 bridgehead atoms. The van der Waals surface area contributed by atoms with Gasteiger partial charge >= 0.3 is 0 Å². The van der Waals surface area contributed by atoms with E-state index in [1.54, 1.807) is 24.4 Å². The summed E-state index contributed by atoms with van der Waals surface area (Å²) in [5.74, 6) is 0.420. The summed E-state index contributed by atoms with van der Waals surface area (Å²) in [4.78, 5) is 17.8. The van der Waals surface area contributed by atoms with Crippen LogP contribution in [-0.2, 0) is 6.54 Å². The third-order valence-electron chi connectivity index (χ3n) is 3.14. The van der Waals surface area contributed by atoms with Crippen molar-refractivity contribution in [2.75, 3.05) is 0 Å². The van der Waals surface area contributed by atoms with Crippen LogP contribution in [0.2, 0.25) is 0 Å². The van der Waals surface area contributed by atoms with Gasteiger partial charge in [0.1, 0.15) is 5.03 Å². The number of benzene rings is 1. The summed E-state index contributed by atoms with van der Waals surface area (Å²) in [5.41, 5.74) is 1.31. The molecule has 1 amide bonds. The Hall–Kier alpha value is -2.12. The van der Waals surface area contributed by atoms with E-state index in [-0.39, 0.29) is 12.5 Å². The maximum Gasteiger partial charge on any atom is 0.254 e. The number of nitrogens with zero attached hydrogens (tertiary/aromatic N) is 2. The van der Waals surface area contributed by atoms with Crippen LogP contribution in [0.4, 0.5) is 0 Å². The predicted molar refractivity (Wildman–Crippen MR) is 94.9 cm³/mol. The van der Waals surface area contributed by atoms with Gasteiger partial charge in [-0.25, -0.2) is 4.98 Å². The molecule has 2 heterocycles. The summed E-state index contributed by atoms with van der Waals surface area (Å²) in [5, 5.41) is 7.29. The minimum atomic E-state index is -0.197. The van der Waals surface area contributed by atoms with Crippen molar-refractivity contribution in [1.82, 2.24) is 15.5 Å². The van der Waals surface area contributed by atoms with Crippen LogP contribution in [0.15, 0.2) is 67.6 Å². The smallest absolute Gasteiger partial charge is 0.254 e. The maximum absolute atomic E-state index is 12.5. The Balaban J connectivity index is 1.73. The van der Waals surface area contributed by atoms with Gasteiger partial charge in [0.15, 0.2) is 5.76 Å². The van der Waals surface area contributed by atoms with E-state index in [1.807, 2.05) is 31.2 Å². The Morgan fingerprint density at radius 1 is 1.29 bits per heavy atom. The van der Waals surface area contributed by atoms with Gasteiger partial charge in [-0.2, -0.15) is 0 Å². The molecule has 0 aliphatic rings. The highest BCUT2D eigenvalue weighted by Gasteiger charge is 2.14. The number of aromatic nitrogens is 2. The van der Waals surface area contributed by atoms with Crippen molar-refractivity contribution in [2.45, 2.75) is 23.4 Å². The third kappa shape index (κ3) is 4.24. The standard InChI is InChI=1S/C17H14BrN3O2S/c1-11-9-13(23-21-11)10-20-16(22)15-3-2-8-19-17(15)24-14-6-4-12(18)5-7-14/h2-9H,10H2,1H3,(H,20,22). The molecule has 0 spiro atoms. The van der Waals surface area contributed by atoms with E-state index in [1.165, 1.54) is 11.8 Å². The number of amides is 1. The average molecular weight is 404 g/mol. The fourth-order valence-electron chi connectivity index (χ4n) is 2.02. The molecule has 0 atom stereocenters. The zero-order valence-corrected chi connectivity index (χ0v) is 15.2. The molecular formula is C17H14BrN3O2S. The van der Waals surface area contributed by atoms with Gasteiger partial charge in [0.25, 0.3) is 5.91 Å². The van der Waals surface area contributed by atoms with Gasteiger partial charge < -0.3 is 9.84 Å². The van der Waals surface area contributed by atoms with Crippen LogP contribution >= 0.6 is 27.7 Å². The Labute approximate surface area is 152 Å². The summed E-state index contributed by atoms with van der Waals surface area (Å²) in [6.45, 7) is 2.12. The molecule has 0 radical (unpaired) electrons. The molecule has 0 aliphatic carbocycles. The first-order chi connectivity index (χ1) is 11.6. The molecule has 24 heavy (non-hydrogen) atoms. The number of nitrogens with one attached hydrogen (secondary N) is 1. The Morgan fingerprint density at radius 3 is 2.79 bits per heavy atom. The molecule has 0 fully saturated rings. The molecular weight excluding hydrogens is 390 g/mol. The van der Waals surface area contributed by atoms with Crippen LogP contribution in [-0.4, -0.2) is 16.0 Å². The number of carbonyl (C=O) groups excluding carboxylic acids is 1. The van der Waals surface area contributed by atoms with Gasteiger partial charge in [-0.15, -0.1) is 0 Å². The average Bonchev–Trinajstić information content (AvgIpc) is 3.01. The number of halogens is 1. The second-order valence-electron chi connectivity index (χ2n) is 5.03. The number of hydrogen-bond donors (Lipinski definition) is 1. The first-order valence-electron chi connectivity index (χ1n) is 7.20. The first-order valence-corrected chi connectivity index (χ1v) is 8.81. The molecule has 3 rings (SSSR count). The van der Waals surface area contributed by atoms with E-state index >= 15 is 0 Å². The van der Waals surface area contributed by atoms with E-state index in [4.69, 9.17) is 4.52 Å². The molecule has 1 aromatic carbocycles. The Bertz CT molecular complexity index is 849. The van der Waals surface area contributed by atoms with Crippen LogP contribution in [0.1, 0.15) is 21.8 Å². The lowest BCUT2D eigenvalue weighted by Gasteiger charge is -2.08. The van der Waals surface area contributed by atoms with Gasteiger partial charge in [0.05, 0.1) is 17.8 Å². The maximum atomic E-state index is 12.5. The van der Waals surface area contributed by atoms with Crippen molar-refractivity contribution >= 4 is 33.6 Å². The van der Waals surface area contributed by atoms with Crippen molar-refractivity contribution in [3.8, 4) is 0 Å². The second-order valence-corrected chi connectivity index (χ2v) is 7.01. The molecule has 0 saturated carbocycles. The van der Waals surface area contributed by atoms with E-state index in [0.29, 0.717) is 16.3 Å². The van der Waals surface area contributed by atoms with Crippen LogP contribution in [0.25, 0.3) is 0 Å². The van der Waals surface area contributed by atoms with Gasteiger partial charge in [0.2, 0.25) is 0 Å². The highest BCUT2D eigenvalue weighted by atomic mass is 79.9. The lowest BCUT2D eigenvalue weighted by atomic mass is 10.2. The molecule has 3 aromatic rings. The zero-order chi connectivity index (χ0) is 16.9. The first kappa shape index (κ1) is 16.7. The largest absolute Gasteiger partial charge is 0.359 e. The van der Waals surface area contributed by atoms with Gasteiger partial charge in [-0.05, 0) is 43.3 Å². The van der Waals surface area contributed by atoms with Crippen molar-refractivity contribution in [1.29, 1.82) is 0 Å². The molecule has 7 heteroatoms. The quantitative estimate of drug-likeness (QED) is 0.690. The van der Waals surface area contributed by atoms with Crippen molar-refractivity contribution in [3.63, 3.8) is 0 Å². The number of pyridine rings is 1. The predicted octanol–water partition coefficient (Wildman–Crippen LogP) is 4.22. The molecule has 122 valence electrons. The fraction of sp³-hybridized carbons (Fsp3) is 0.118. The van der Waals surface area contributed by atoms with Crippen LogP contribution in [0.3, 0.4) is 0 Å². The highest BCUT2D eigenvalue weighted by molar-refractivity contribution is 9.10. The molecule has 1 N–H and O–H groups in total. The van der Waals surface area contributed by atoms with Gasteiger partial charge in [-0.3, -0.25) is 4.79 Å². The minimum absolute atomic E-state index is 0.197. The molecule has 0 saturated heterocycles. The number of carbonyl (C=O) groups is 1. The second kappa shape index (κ2) is 7.63. The van der Waals surface area contributed by atoms with Crippen molar-refractivity contribution in [3.05, 3.63) is 70.2 Å². The van der Waals surface area contributed by atoms with Crippen molar-refractivity contribution < 1.29 is 9.32 Å². The molecule has 2 aromatic heterocycles. The summed E-state index contributed by atoms with van der Waals surface area (Å²) in [7, 11) is 0. The van der Waals surface area contributed by atoms with E-state index in [9.17, 15) is 4.79 Å². The van der Waals surface area contributed by atoms with Crippen molar-refractivity contribution in [2.24, 2.45) is 0 Å². The summed E-state index contributed by atoms with van der Waals surface area (Å²) in [6.07, 6.45) is 1.68.